The van der Waals surface area contributed by atoms with Gasteiger partial charge in [0.05, 0.1) is 31.8 Å². The van der Waals surface area contributed by atoms with Gasteiger partial charge in [-0.25, -0.2) is 8.78 Å². The van der Waals surface area contributed by atoms with E-state index >= 15 is 0 Å². The van der Waals surface area contributed by atoms with Crippen molar-refractivity contribution in [3.05, 3.63) is 104 Å². The van der Waals surface area contributed by atoms with Crippen molar-refractivity contribution in [1.29, 1.82) is 0 Å². The number of carboxylic acid groups (broad SMARTS) is 1. The number of phenols is 2. The Kier molecular flexibility index (Phi) is 12.4. The highest BCUT2D eigenvalue weighted by Crippen LogP contribution is 2.59. The molecule has 298 valence electrons. The molecule has 0 spiro atoms. The SMILES string of the molecule is O=C(O)C1C2Oc3cc(Oc4ccc(C(F)(F)F)c(Cl)c4OC(F)F)ccc3C21.Oc1c(F)ccc(C(F)(F)F)c1Cl.Oc1cc(C(F)(F)F)c(Cl)cc1F. The molecule has 3 atom stereocenters. The van der Waals surface area contributed by atoms with E-state index in [1.54, 1.807) is 6.07 Å². The zero-order chi connectivity index (χ0) is 41.5. The third kappa shape index (κ3) is 9.77. The standard InChI is InChI=1S/C18H10ClF5O5.2C7H3ClF4O/c19-13-8(18(22,23)24)3-4-9(14(13)29-17(20)21)27-6-1-2-7-10(5-6)28-15-11(7)12(15)16(25)26;8-4-2-5(9)6(13)1-3(4)7(10,11)12;8-5-3(7(10,11)12)1-2-4(9)6(5)13/h1-5,11-12,15,17H,(H,25,26);2*1-2,13H. The van der Waals surface area contributed by atoms with Gasteiger partial charge in [0, 0.05) is 17.5 Å². The summed E-state index contributed by atoms with van der Waals surface area (Å²) in [5, 5.41) is 23.6. The number of aliphatic carboxylic acids is 1. The van der Waals surface area contributed by atoms with Gasteiger partial charge in [-0.3, -0.25) is 4.79 Å². The van der Waals surface area contributed by atoms with Gasteiger partial charge in [-0.05, 0) is 42.5 Å². The summed E-state index contributed by atoms with van der Waals surface area (Å²) in [6.45, 7) is -3.43. The van der Waals surface area contributed by atoms with Crippen molar-refractivity contribution in [2.24, 2.45) is 5.92 Å². The molecular formula is C32H16Cl3F13O7. The van der Waals surface area contributed by atoms with Crippen LogP contribution in [0.1, 0.15) is 28.2 Å². The van der Waals surface area contributed by atoms with Crippen LogP contribution >= 0.6 is 34.8 Å². The van der Waals surface area contributed by atoms with E-state index in [0.29, 0.717) is 35.6 Å². The lowest BCUT2D eigenvalue weighted by Crippen LogP contribution is -2.10. The van der Waals surface area contributed by atoms with Crippen molar-refractivity contribution in [2.75, 3.05) is 0 Å². The molecule has 3 unspecified atom stereocenters. The highest BCUT2D eigenvalue weighted by molar-refractivity contribution is 6.33. The Bertz CT molecular complexity index is 2080. The van der Waals surface area contributed by atoms with E-state index in [0.717, 1.165) is 6.07 Å². The second-order valence-corrected chi connectivity index (χ2v) is 12.1. The van der Waals surface area contributed by atoms with Crippen molar-refractivity contribution >= 4 is 40.8 Å². The number of fused-ring (bicyclic) bond motifs is 3. The quantitative estimate of drug-likeness (QED) is 0.172. The maximum Gasteiger partial charge on any atom is 0.417 e. The van der Waals surface area contributed by atoms with Crippen LogP contribution in [0.5, 0.6) is 34.5 Å². The summed E-state index contributed by atoms with van der Waals surface area (Å²) >= 11 is 15.8. The number of phenolic OH excluding ortho intramolecular Hbond substituents is 2. The molecule has 1 heterocycles. The van der Waals surface area contributed by atoms with Crippen molar-refractivity contribution in [3.63, 3.8) is 0 Å². The van der Waals surface area contributed by atoms with Crippen molar-refractivity contribution in [1.82, 2.24) is 0 Å². The van der Waals surface area contributed by atoms with E-state index in [2.05, 4.69) is 4.74 Å². The van der Waals surface area contributed by atoms with Gasteiger partial charge >= 0.3 is 31.1 Å². The van der Waals surface area contributed by atoms with E-state index in [-0.39, 0.29) is 17.7 Å². The lowest BCUT2D eigenvalue weighted by Gasteiger charge is -2.17. The van der Waals surface area contributed by atoms with Crippen LogP contribution in [0.2, 0.25) is 15.1 Å². The van der Waals surface area contributed by atoms with Crippen molar-refractivity contribution in [2.45, 2.75) is 37.2 Å². The van der Waals surface area contributed by atoms with E-state index < -0.39 is 110 Å². The predicted octanol–water partition coefficient (Wildman–Crippen LogP) is 11.7. The minimum atomic E-state index is -4.88. The maximum atomic E-state index is 13.0. The summed E-state index contributed by atoms with van der Waals surface area (Å²) in [5.74, 6) is -7.50. The lowest BCUT2D eigenvalue weighted by atomic mass is 10.1. The number of halogens is 16. The second kappa shape index (κ2) is 15.8. The summed E-state index contributed by atoms with van der Waals surface area (Å²) in [7, 11) is 0. The molecule has 0 bridgehead atoms. The zero-order valence-corrected chi connectivity index (χ0v) is 28.3. The fourth-order valence-electron chi connectivity index (χ4n) is 4.87. The number of hydrogen-bond donors (Lipinski definition) is 3. The minimum absolute atomic E-state index is 0.0619. The van der Waals surface area contributed by atoms with Gasteiger partial charge in [0.2, 0.25) is 0 Å². The van der Waals surface area contributed by atoms with Crippen LogP contribution in [0.3, 0.4) is 0 Å². The Morgan fingerprint density at radius 1 is 0.745 bits per heavy atom. The molecule has 4 aromatic rings. The third-order valence-corrected chi connectivity index (χ3v) is 8.43. The van der Waals surface area contributed by atoms with E-state index in [9.17, 15) is 61.9 Å². The van der Waals surface area contributed by atoms with Crippen LogP contribution < -0.4 is 14.2 Å². The summed E-state index contributed by atoms with van der Waals surface area (Å²) in [5.41, 5.74) is -3.20. The predicted molar refractivity (Wildman–Crippen MR) is 164 cm³/mol. The number of rotatable bonds is 5. The fraction of sp³-hybridized carbons (Fsp3) is 0.219. The van der Waals surface area contributed by atoms with Crippen molar-refractivity contribution in [3.8, 4) is 34.5 Å². The molecule has 0 aromatic heterocycles. The lowest BCUT2D eigenvalue weighted by molar-refractivity contribution is -0.140. The van der Waals surface area contributed by atoms with Crippen LogP contribution in [0, 0.1) is 17.6 Å². The van der Waals surface area contributed by atoms with Gasteiger partial charge in [-0.1, -0.05) is 40.9 Å². The number of hydrogen-bond acceptors (Lipinski definition) is 6. The topological polar surface area (TPSA) is 105 Å². The Balaban J connectivity index is 0.000000215. The largest absolute Gasteiger partial charge is 0.505 e. The monoisotopic (exact) mass is 864 g/mol. The molecule has 1 aliphatic heterocycles. The smallest absolute Gasteiger partial charge is 0.417 e. The van der Waals surface area contributed by atoms with E-state index in [4.69, 9.17) is 59.6 Å². The molecule has 4 aromatic carbocycles. The van der Waals surface area contributed by atoms with Gasteiger partial charge in [0.1, 0.15) is 23.5 Å². The molecule has 2 aliphatic rings. The Morgan fingerprint density at radius 3 is 1.85 bits per heavy atom. The maximum absolute atomic E-state index is 13.0. The first-order valence-corrected chi connectivity index (χ1v) is 15.4. The number of ether oxygens (including phenoxy) is 3. The van der Waals surface area contributed by atoms with Crippen LogP contribution in [-0.2, 0) is 23.3 Å². The molecule has 1 fully saturated rings. The molecule has 55 heavy (non-hydrogen) atoms. The van der Waals surface area contributed by atoms with Crippen LogP contribution in [0.4, 0.5) is 57.1 Å². The van der Waals surface area contributed by atoms with Crippen LogP contribution in [0.15, 0.2) is 54.6 Å². The molecule has 1 aliphatic carbocycles. The molecule has 6 rings (SSSR count). The Morgan fingerprint density at radius 2 is 1.31 bits per heavy atom. The average Bonchev–Trinajstić information content (AvgIpc) is 3.64. The molecule has 0 saturated heterocycles. The molecular weight excluding hydrogens is 850 g/mol. The highest BCUT2D eigenvalue weighted by atomic mass is 35.5. The molecule has 0 radical (unpaired) electrons. The average molecular weight is 866 g/mol. The number of carbonyl (C=O) groups is 1. The summed E-state index contributed by atoms with van der Waals surface area (Å²) in [6.07, 6.45) is -14.8. The minimum Gasteiger partial charge on any atom is -0.505 e. The summed E-state index contributed by atoms with van der Waals surface area (Å²) < 4.78 is 177. The first kappa shape index (κ1) is 43.0. The Hall–Kier alpha value is -4.69. The van der Waals surface area contributed by atoms with Gasteiger partial charge in [0.25, 0.3) is 0 Å². The summed E-state index contributed by atoms with van der Waals surface area (Å²) in [6, 6.07) is 7.40. The van der Waals surface area contributed by atoms with Crippen molar-refractivity contribution < 1.29 is 91.4 Å². The second-order valence-electron chi connectivity index (χ2n) is 10.9. The summed E-state index contributed by atoms with van der Waals surface area (Å²) in [4.78, 5) is 11.1. The van der Waals surface area contributed by atoms with Gasteiger partial charge in [0.15, 0.2) is 34.6 Å². The molecule has 7 nitrogen and oxygen atoms in total. The van der Waals surface area contributed by atoms with Gasteiger partial charge < -0.3 is 29.5 Å². The number of benzene rings is 4. The van der Waals surface area contributed by atoms with E-state index in [1.807, 2.05) is 0 Å². The number of alkyl halides is 11. The molecule has 0 amide bonds. The molecule has 1 saturated carbocycles. The number of carboxylic acids is 1. The molecule has 3 N–H and O–H groups in total. The molecule has 23 heteroatoms. The first-order chi connectivity index (χ1) is 25.2. The van der Waals surface area contributed by atoms with Crippen LogP contribution in [-0.4, -0.2) is 34.0 Å². The fourth-order valence-corrected chi connectivity index (χ4v) is 5.70. The Labute approximate surface area is 312 Å². The van der Waals surface area contributed by atoms with E-state index in [1.165, 1.54) is 12.1 Å². The number of aromatic hydroxyl groups is 2. The van der Waals surface area contributed by atoms with Gasteiger partial charge in [-0.2, -0.15) is 48.3 Å². The highest BCUT2D eigenvalue weighted by Gasteiger charge is 2.63. The normalized spacial score (nSPS) is 17.1. The van der Waals surface area contributed by atoms with Gasteiger partial charge in [-0.15, -0.1) is 0 Å². The zero-order valence-electron chi connectivity index (χ0n) is 26.0. The van der Waals surface area contributed by atoms with Crippen LogP contribution in [0.25, 0.3) is 0 Å². The first-order valence-electron chi connectivity index (χ1n) is 14.3. The third-order valence-electron chi connectivity index (χ3n) is 7.36.